The van der Waals surface area contributed by atoms with Crippen LogP contribution in [0.5, 0.6) is 5.75 Å². The first-order chi connectivity index (χ1) is 14.4. The Morgan fingerprint density at radius 3 is 2.43 bits per heavy atom. The zero-order valence-electron chi connectivity index (χ0n) is 15.5. The van der Waals surface area contributed by atoms with E-state index in [1.807, 2.05) is 0 Å². The van der Waals surface area contributed by atoms with Crippen molar-refractivity contribution < 1.29 is 27.5 Å². The SMILES string of the molecule is O=C(OCCOc1cccc(Cl)c1)c1ccc2c(c1)S(=O)(=O)c1ccccc1C2=O. The molecule has 0 amide bonds. The average Bonchev–Trinajstić information content (AvgIpc) is 2.75. The maximum atomic E-state index is 12.9. The van der Waals surface area contributed by atoms with Crippen LogP contribution in [0, 0.1) is 0 Å². The molecule has 0 spiro atoms. The first-order valence-electron chi connectivity index (χ1n) is 8.96. The normalized spacial score (nSPS) is 13.8. The highest BCUT2D eigenvalue weighted by molar-refractivity contribution is 7.91. The molecule has 4 rings (SSSR count). The monoisotopic (exact) mass is 442 g/mol. The maximum absolute atomic E-state index is 12.9. The number of fused-ring (bicyclic) bond motifs is 2. The van der Waals surface area contributed by atoms with Gasteiger partial charge >= 0.3 is 5.97 Å². The lowest BCUT2D eigenvalue weighted by molar-refractivity contribution is 0.0450. The van der Waals surface area contributed by atoms with Gasteiger partial charge < -0.3 is 9.47 Å². The van der Waals surface area contributed by atoms with Crippen molar-refractivity contribution >= 4 is 33.2 Å². The molecule has 0 saturated heterocycles. The molecule has 3 aromatic rings. The summed E-state index contributed by atoms with van der Waals surface area (Å²) in [5, 5.41) is 0.524. The van der Waals surface area contributed by atoms with E-state index in [0.717, 1.165) is 0 Å². The third-order valence-electron chi connectivity index (χ3n) is 4.55. The van der Waals surface area contributed by atoms with Crippen LogP contribution in [-0.4, -0.2) is 33.4 Å². The van der Waals surface area contributed by atoms with Gasteiger partial charge in [-0.25, -0.2) is 13.2 Å². The molecule has 8 heteroatoms. The minimum absolute atomic E-state index is 0.0345. The molecular formula is C22H15ClO6S. The van der Waals surface area contributed by atoms with Gasteiger partial charge in [0.15, 0.2) is 5.78 Å². The molecule has 0 fully saturated rings. The molecule has 0 aromatic heterocycles. The number of halogens is 1. The Morgan fingerprint density at radius 2 is 1.63 bits per heavy atom. The number of carbonyl (C=O) groups is 2. The molecule has 0 atom stereocenters. The smallest absolute Gasteiger partial charge is 0.338 e. The molecule has 1 aliphatic heterocycles. The van der Waals surface area contributed by atoms with E-state index in [9.17, 15) is 18.0 Å². The molecule has 3 aromatic carbocycles. The van der Waals surface area contributed by atoms with Gasteiger partial charge in [-0.2, -0.15) is 0 Å². The fourth-order valence-corrected chi connectivity index (χ4v) is 5.00. The highest BCUT2D eigenvalue weighted by atomic mass is 35.5. The van der Waals surface area contributed by atoms with Gasteiger partial charge in [0, 0.05) is 16.1 Å². The van der Waals surface area contributed by atoms with E-state index < -0.39 is 21.6 Å². The standard InChI is InChI=1S/C22H15ClO6S/c23-15-4-3-5-16(13-15)28-10-11-29-22(25)14-8-9-18-20(12-14)30(26,27)19-7-2-1-6-17(19)21(18)24/h1-9,12-13H,10-11H2. The van der Waals surface area contributed by atoms with E-state index in [1.165, 1.54) is 30.3 Å². The van der Waals surface area contributed by atoms with E-state index in [1.54, 1.807) is 36.4 Å². The van der Waals surface area contributed by atoms with E-state index in [0.29, 0.717) is 10.8 Å². The second kappa shape index (κ2) is 7.93. The van der Waals surface area contributed by atoms with Gasteiger partial charge in [-0.3, -0.25) is 4.79 Å². The molecular weight excluding hydrogens is 428 g/mol. The van der Waals surface area contributed by atoms with Gasteiger partial charge in [-0.15, -0.1) is 0 Å². The van der Waals surface area contributed by atoms with Crippen molar-refractivity contribution in [1.82, 2.24) is 0 Å². The number of benzene rings is 3. The van der Waals surface area contributed by atoms with Crippen LogP contribution >= 0.6 is 11.6 Å². The zero-order valence-corrected chi connectivity index (χ0v) is 17.1. The minimum Gasteiger partial charge on any atom is -0.490 e. The molecule has 0 N–H and O–H groups in total. The van der Waals surface area contributed by atoms with E-state index in [4.69, 9.17) is 21.1 Å². The highest BCUT2D eigenvalue weighted by Gasteiger charge is 2.35. The molecule has 0 aliphatic carbocycles. The second-order valence-corrected chi connectivity index (χ2v) is 8.80. The van der Waals surface area contributed by atoms with Gasteiger partial charge in [0.25, 0.3) is 0 Å². The van der Waals surface area contributed by atoms with Crippen LogP contribution in [0.15, 0.2) is 76.5 Å². The molecule has 30 heavy (non-hydrogen) atoms. The van der Waals surface area contributed by atoms with Crippen LogP contribution in [-0.2, 0) is 14.6 Å². The number of hydrogen-bond donors (Lipinski definition) is 0. The van der Waals surface area contributed by atoms with Gasteiger partial charge in [-0.1, -0.05) is 29.8 Å². The summed E-state index contributed by atoms with van der Waals surface area (Å²) in [6, 6.07) is 16.7. The van der Waals surface area contributed by atoms with Gasteiger partial charge in [0.2, 0.25) is 9.84 Å². The van der Waals surface area contributed by atoms with Crippen LogP contribution in [0.1, 0.15) is 26.3 Å². The Labute approximate surface area is 177 Å². The molecule has 0 saturated carbocycles. The number of ether oxygens (including phenoxy) is 2. The van der Waals surface area contributed by atoms with Crippen LogP contribution in [0.2, 0.25) is 5.02 Å². The molecule has 152 valence electrons. The fraction of sp³-hybridized carbons (Fsp3) is 0.0909. The van der Waals surface area contributed by atoms with Crippen LogP contribution in [0.4, 0.5) is 0 Å². The largest absolute Gasteiger partial charge is 0.490 e. The Balaban J connectivity index is 1.49. The van der Waals surface area contributed by atoms with Crippen molar-refractivity contribution in [3.63, 3.8) is 0 Å². The third-order valence-corrected chi connectivity index (χ3v) is 6.64. The minimum atomic E-state index is -3.92. The van der Waals surface area contributed by atoms with E-state index >= 15 is 0 Å². The van der Waals surface area contributed by atoms with Crippen LogP contribution in [0.3, 0.4) is 0 Å². The summed E-state index contributed by atoms with van der Waals surface area (Å²) in [6.45, 7) is 0.0537. The zero-order chi connectivity index (χ0) is 21.3. The lowest BCUT2D eigenvalue weighted by Gasteiger charge is -2.19. The molecule has 6 nitrogen and oxygen atoms in total. The number of sulfone groups is 1. The topological polar surface area (TPSA) is 86.7 Å². The summed E-state index contributed by atoms with van der Waals surface area (Å²) in [6.07, 6.45) is 0. The van der Waals surface area contributed by atoms with Crippen LogP contribution < -0.4 is 4.74 Å². The number of hydrogen-bond acceptors (Lipinski definition) is 6. The van der Waals surface area contributed by atoms with Crippen molar-refractivity contribution in [2.45, 2.75) is 9.79 Å². The Hall–Kier alpha value is -3.16. The van der Waals surface area contributed by atoms with Crippen molar-refractivity contribution in [2.75, 3.05) is 13.2 Å². The Kier molecular flexibility index (Phi) is 5.32. The lowest BCUT2D eigenvalue weighted by atomic mass is 10.0. The quantitative estimate of drug-likeness (QED) is 0.343. The molecule has 0 unspecified atom stereocenters. The number of ketones is 1. The fourth-order valence-electron chi connectivity index (χ4n) is 3.15. The summed E-state index contributed by atoms with van der Waals surface area (Å²) in [4.78, 5) is 24.7. The molecule has 0 radical (unpaired) electrons. The van der Waals surface area contributed by atoms with Gasteiger partial charge in [-0.05, 0) is 48.5 Å². The van der Waals surface area contributed by atoms with E-state index in [-0.39, 0.29) is 39.7 Å². The van der Waals surface area contributed by atoms with Gasteiger partial charge in [0.05, 0.1) is 15.4 Å². The summed E-state index contributed by atoms with van der Waals surface area (Å²) in [7, 11) is -3.92. The summed E-state index contributed by atoms with van der Waals surface area (Å²) >= 11 is 5.87. The number of rotatable bonds is 5. The summed E-state index contributed by atoms with van der Waals surface area (Å²) < 4.78 is 36.5. The van der Waals surface area contributed by atoms with Crippen molar-refractivity contribution in [3.8, 4) is 5.75 Å². The molecule has 0 bridgehead atoms. The van der Waals surface area contributed by atoms with Crippen LogP contribution in [0.25, 0.3) is 0 Å². The Morgan fingerprint density at radius 1 is 0.867 bits per heavy atom. The number of carbonyl (C=O) groups excluding carboxylic acids is 2. The number of esters is 1. The first kappa shape index (κ1) is 20.1. The molecule has 1 heterocycles. The lowest BCUT2D eigenvalue weighted by Crippen LogP contribution is -2.21. The van der Waals surface area contributed by atoms with Crippen molar-refractivity contribution in [1.29, 1.82) is 0 Å². The summed E-state index contributed by atoms with van der Waals surface area (Å²) in [5.41, 5.74) is 0.195. The van der Waals surface area contributed by atoms with Gasteiger partial charge in [0.1, 0.15) is 19.0 Å². The second-order valence-electron chi connectivity index (χ2n) is 6.48. The van der Waals surface area contributed by atoms with Crippen molar-refractivity contribution in [2.24, 2.45) is 0 Å². The van der Waals surface area contributed by atoms with Crippen molar-refractivity contribution in [3.05, 3.63) is 88.4 Å². The predicted octanol–water partition coefficient (Wildman–Crippen LogP) is 3.95. The highest BCUT2D eigenvalue weighted by Crippen LogP contribution is 2.34. The first-order valence-corrected chi connectivity index (χ1v) is 10.8. The third kappa shape index (κ3) is 3.69. The maximum Gasteiger partial charge on any atom is 0.338 e. The summed E-state index contributed by atoms with van der Waals surface area (Å²) in [5.74, 6) is -0.574. The Bertz CT molecular complexity index is 1270. The average molecular weight is 443 g/mol. The molecule has 1 aliphatic rings. The predicted molar refractivity (Wildman–Crippen MR) is 109 cm³/mol. The van der Waals surface area contributed by atoms with E-state index in [2.05, 4.69) is 0 Å².